The first-order valence-corrected chi connectivity index (χ1v) is 6.62. The predicted octanol–water partition coefficient (Wildman–Crippen LogP) is 3.02. The monoisotopic (exact) mass is 272 g/mol. The van der Waals surface area contributed by atoms with Crippen LogP contribution in [0.2, 0.25) is 0 Å². The smallest absolute Gasteiger partial charge is 0.306 e. The van der Waals surface area contributed by atoms with Crippen LogP contribution in [0.15, 0.2) is 18.2 Å². The average Bonchev–Trinajstić information content (AvgIpc) is 2.36. The zero-order valence-corrected chi connectivity index (χ0v) is 11.6. The summed E-state index contributed by atoms with van der Waals surface area (Å²) in [7, 11) is 2.93. The fourth-order valence-corrected chi connectivity index (χ4v) is 2.41. The molecule has 1 aromatic carbocycles. The molecule has 0 amide bonds. The number of thioether (sulfide) groups is 1. The lowest BCUT2D eigenvalue weighted by molar-refractivity contribution is -0.140. The minimum atomic E-state index is -0.285. The number of esters is 1. The molecule has 0 spiro atoms. The fraction of sp³-hybridized carbons (Fsp3) is 0.462. The van der Waals surface area contributed by atoms with Crippen LogP contribution in [0.25, 0.3) is 0 Å². The van der Waals surface area contributed by atoms with Gasteiger partial charge in [0, 0.05) is 16.6 Å². The van der Waals surface area contributed by atoms with Crippen LogP contribution >= 0.6 is 11.8 Å². The van der Waals surface area contributed by atoms with Crippen molar-refractivity contribution in [2.75, 3.05) is 14.2 Å². The molecule has 3 nitrogen and oxygen atoms in total. The van der Waals surface area contributed by atoms with Crippen LogP contribution < -0.4 is 4.74 Å². The Kier molecular flexibility index (Phi) is 5.98. The summed E-state index contributed by atoms with van der Waals surface area (Å²) in [6.07, 6.45) is 0.346. The van der Waals surface area contributed by atoms with E-state index in [-0.39, 0.29) is 17.0 Å². The standard InChI is InChI=1S/C13H17FO3S/c1-9(6-13(15)17-3)18-8-10-7-11(14)4-5-12(10)16-2/h4-5,7,9H,6,8H2,1-3H3. The summed E-state index contributed by atoms with van der Waals surface area (Å²) in [5, 5.41) is 0.116. The summed E-state index contributed by atoms with van der Waals surface area (Å²) in [6.45, 7) is 1.94. The first kappa shape index (κ1) is 14.8. The lowest BCUT2D eigenvalue weighted by Gasteiger charge is -2.12. The maximum Gasteiger partial charge on any atom is 0.306 e. The normalized spacial score (nSPS) is 12.0. The molecule has 18 heavy (non-hydrogen) atoms. The number of halogens is 1. The minimum absolute atomic E-state index is 0.116. The van der Waals surface area contributed by atoms with Crippen molar-refractivity contribution in [3.8, 4) is 5.75 Å². The van der Waals surface area contributed by atoms with E-state index in [9.17, 15) is 9.18 Å². The van der Waals surface area contributed by atoms with Crippen molar-refractivity contribution in [3.63, 3.8) is 0 Å². The third-order valence-corrected chi connectivity index (χ3v) is 3.66. The molecular formula is C13H17FO3S. The van der Waals surface area contributed by atoms with Gasteiger partial charge in [-0.25, -0.2) is 4.39 Å². The molecule has 0 saturated carbocycles. The van der Waals surface area contributed by atoms with Gasteiger partial charge in [0.25, 0.3) is 0 Å². The van der Waals surface area contributed by atoms with Crippen LogP contribution in [0, 0.1) is 5.82 Å². The Morgan fingerprint density at radius 1 is 1.44 bits per heavy atom. The fourth-order valence-electron chi connectivity index (χ4n) is 1.47. The SMILES string of the molecule is COC(=O)CC(C)SCc1cc(F)ccc1OC. The highest BCUT2D eigenvalue weighted by Gasteiger charge is 2.12. The van der Waals surface area contributed by atoms with E-state index >= 15 is 0 Å². The Morgan fingerprint density at radius 2 is 2.17 bits per heavy atom. The minimum Gasteiger partial charge on any atom is -0.496 e. The highest BCUT2D eigenvalue weighted by atomic mass is 32.2. The van der Waals surface area contributed by atoms with Crippen molar-refractivity contribution in [1.29, 1.82) is 0 Å². The second kappa shape index (κ2) is 7.26. The van der Waals surface area contributed by atoms with Crippen molar-refractivity contribution in [2.24, 2.45) is 0 Å². The Balaban J connectivity index is 2.57. The quantitative estimate of drug-likeness (QED) is 0.746. The molecule has 0 aliphatic carbocycles. The van der Waals surface area contributed by atoms with Gasteiger partial charge in [-0.15, -0.1) is 0 Å². The Hall–Kier alpha value is -1.23. The predicted molar refractivity (Wildman–Crippen MR) is 70.3 cm³/mol. The van der Waals surface area contributed by atoms with Gasteiger partial charge in [0.1, 0.15) is 11.6 Å². The molecule has 0 radical (unpaired) electrons. The molecule has 1 unspecified atom stereocenters. The zero-order valence-electron chi connectivity index (χ0n) is 10.7. The van der Waals surface area contributed by atoms with E-state index in [4.69, 9.17) is 4.74 Å². The molecule has 0 heterocycles. The van der Waals surface area contributed by atoms with Crippen LogP contribution in [-0.2, 0) is 15.3 Å². The molecule has 0 N–H and O–H groups in total. The molecule has 0 bridgehead atoms. The van der Waals surface area contributed by atoms with E-state index in [0.717, 1.165) is 5.56 Å². The van der Waals surface area contributed by atoms with Gasteiger partial charge < -0.3 is 9.47 Å². The summed E-state index contributed by atoms with van der Waals surface area (Å²) in [5.74, 6) is 0.737. The van der Waals surface area contributed by atoms with E-state index in [2.05, 4.69) is 4.74 Å². The lowest BCUT2D eigenvalue weighted by atomic mass is 10.2. The molecule has 0 aliphatic heterocycles. The van der Waals surface area contributed by atoms with Crippen molar-refractivity contribution < 1.29 is 18.7 Å². The number of hydrogen-bond donors (Lipinski definition) is 0. The van der Waals surface area contributed by atoms with E-state index in [0.29, 0.717) is 17.9 Å². The number of carbonyl (C=O) groups is 1. The Labute approximate surface area is 111 Å². The maximum absolute atomic E-state index is 13.1. The number of benzene rings is 1. The highest BCUT2D eigenvalue weighted by Crippen LogP contribution is 2.27. The molecule has 1 rings (SSSR count). The van der Waals surface area contributed by atoms with Crippen molar-refractivity contribution in [2.45, 2.75) is 24.3 Å². The highest BCUT2D eigenvalue weighted by molar-refractivity contribution is 7.99. The molecular weight excluding hydrogens is 255 g/mol. The number of ether oxygens (including phenoxy) is 2. The third-order valence-electron chi connectivity index (χ3n) is 2.45. The van der Waals surface area contributed by atoms with Gasteiger partial charge in [0.05, 0.1) is 20.6 Å². The van der Waals surface area contributed by atoms with Crippen LogP contribution in [-0.4, -0.2) is 25.4 Å². The summed E-state index contributed by atoms with van der Waals surface area (Å²) in [5.41, 5.74) is 0.791. The summed E-state index contributed by atoms with van der Waals surface area (Å²) >= 11 is 1.56. The first-order chi connectivity index (χ1) is 8.56. The molecule has 100 valence electrons. The van der Waals surface area contributed by atoms with Crippen molar-refractivity contribution in [1.82, 2.24) is 0 Å². The first-order valence-electron chi connectivity index (χ1n) is 5.57. The zero-order chi connectivity index (χ0) is 13.5. The van der Waals surface area contributed by atoms with Gasteiger partial charge in [-0.2, -0.15) is 11.8 Å². The molecule has 5 heteroatoms. The number of hydrogen-bond acceptors (Lipinski definition) is 4. The van der Waals surface area contributed by atoms with Gasteiger partial charge in [-0.1, -0.05) is 6.92 Å². The van der Waals surface area contributed by atoms with E-state index in [1.165, 1.54) is 19.2 Å². The van der Waals surface area contributed by atoms with Crippen LogP contribution in [0.4, 0.5) is 4.39 Å². The number of carbonyl (C=O) groups excluding carboxylic acids is 1. The van der Waals surface area contributed by atoms with Gasteiger partial charge in [-0.3, -0.25) is 4.79 Å². The number of methoxy groups -OCH3 is 2. The average molecular weight is 272 g/mol. The summed E-state index contributed by atoms with van der Waals surface area (Å²) < 4.78 is 22.9. The lowest BCUT2D eigenvalue weighted by Crippen LogP contribution is -2.08. The third kappa shape index (κ3) is 4.56. The van der Waals surface area contributed by atoms with E-state index in [1.54, 1.807) is 24.9 Å². The topological polar surface area (TPSA) is 35.5 Å². The summed E-state index contributed by atoms with van der Waals surface area (Å²) in [6, 6.07) is 4.43. The maximum atomic E-state index is 13.1. The molecule has 0 aliphatic rings. The second-order valence-corrected chi connectivity index (χ2v) is 5.28. The van der Waals surface area contributed by atoms with Gasteiger partial charge in [0.2, 0.25) is 0 Å². The van der Waals surface area contributed by atoms with Crippen LogP contribution in [0.5, 0.6) is 5.75 Å². The Morgan fingerprint density at radius 3 is 2.78 bits per heavy atom. The van der Waals surface area contributed by atoms with Crippen LogP contribution in [0.3, 0.4) is 0 Å². The second-order valence-electron chi connectivity index (χ2n) is 3.86. The van der Waals surface area contributed by atoms with E-state index in [1.807, 2.05) is 6.92 Å². The number of rotatable bonds is 6. The summed E-state index contributed by atoms with van der Waals surface area (Å²) in [4.78, 5) is 11.1. The van der Waals surface area contributed by atoms with Crippen molar-refractivity contribution in [3.05, 3.63) is 29.6 Å². The van der Waals surface area contributed by atoms with Crippen molar-refractivity contribution >= 4 is 17.7 Å². The van der Waals surface area contributed by atoms with E-state index < -0.39 is 0 Å². The molecule has 0 saturated heterocycles. The molecule has 0 aromatic heterocycles. The molecule has 1 aromatic rings. The molecule has 0 fully saturated rings. The molecule has 1 atom stereocenters. The Bertz CT molecular complexity index is 409. The van der Waals surface area contributed by atoms with Crippen LogP contribution in [0.1, 0.15) is 18.9 Å². The van der Waals surface area contributed by atoms with Gasteiger partial charge >= 0.3 is 5.97 Å². The van der Waals surface area contributed by atoms with Gasteiger partial charge in [0.15, 0.2) is 0 Å². The largest absolute Gasteiger partial charge is 0.496 e. The van der Waals surface area contributed by atoms with Gasteiger partial charge in [-0.05, 0) is 18.2 Å².